The lowest BCUT2D eigenvalue weighted by Crippen LogP contribution is -2.55. The molecule has 0 spiro atoms. The van der Waals surface area contributed by atoms with Gasteiger partial charge in [0.1, 0.15) is 12.7 Å². The van der Waals surface area contributed by atoms with E-state index < -0.39 is 0 Å². The van der Waals surface area contributed by atoms with Crippen LogP contribution in [0, 0.1) is 0 Å². The number of hydrogen-bond acceptors (Lipinski definition) is 7. The summed E-state index contributed by atoms with van der Waals surface area (Å²) < 4.78 is 12.7. The predicted octanol–water partition coefficient (Wildman–Crippen LogP) is 1.60. The van der Waals surface area contributed by atoms with Crippen LogP contribution < -0.4 is 9.47 Å². The number of benzene rings is 1. The first-order valence-electron chi connectivity index (χ1n) is 11.7. The van der Waals surface area contributed by atoms with E-state index in [4.69, 9.17) is 9.47 Å². The van der Waals surface area contributed by atoms with Crippen molar-refractivity contribution in [2.24, 2.45) is 0 Å². The molecule has 3 aliphatic heterocycles. The molecule has 0 saturated carbocycles. The van der Waals surface area contributed by atoms with Crippen molar-refractivity contribution >= 4 is 5.91 Å². The number of carbonyl (C=O) groups excluding carboxylic acids is 1. The highest BCUT2D eigenvalue weighted by molar-refractivity contribution is 5.76. The second-order valence-electron chi connectivity index (χ2n) is 8.90. The molecule has 2 saturated heterocycles. The van der Waals surface area contributed by atoms with E-state index in [2.05, 4.69) is 36.9 Å². The van der Waals surface area contributed by atoms with Gasteiger partial charge < -0.3 is 14.4 Å². The molecule has 172 valence electrons. The van der Waals surface area contributed by atoms with Crippen LogP contribution in [0.5, 0.6) is 11.5 Å². The molecule has 1 atom stereocenters. The molecule has 0 N–H and O–H groups in total. The van der Waals surface area contributed by atoms with E-state index in [0.29, 0.717) is 19.3 Å². The van der Waals surface area contributed by atoms with Crippen LogP contribution in [0.3, 0.4) is 0 Å². The molecule has 4 heterocycles. The molecule has 1 aromatic carbocycles. The molecule has 32 heavy (non-hydrogen) atoms. The third kappa shape index (κ3) is 5.05. The molecular formula is C23H32N6O3. The first-order chi connectivity index (χ1) is 15.7. The number of piperazine rings is 1. The second kappa shape index (κ2) is 9.87. The van der Waals surface area contributed by atoms with Crippen LogP contribution in [0.1, 0.15) is 31.2 Å². The van der Waals surface area contributed by atoms with Crippen LogP contribution in [-0.4, -0.2) is 87.5 Å². The van der Waals surface area contributed by atoms with Gasteiger partial charge in [-0.15, -0.1) is 0 Å². The molecule has 5 rings (SSSR count). The molecule has 3 aliphatic rings. The Hall–Kier alpha value is -2.65. The van der Waals surface area contributed by atoms with Crippen molar-refractivity contribution in [1.29, 1.82) is 0 Å². The smallest absolute Gasteiger partial charge is 0.231 e. The van der Waals surface area contributed by atoms with Crippen LogP contribution in [0.4, 0.5) is 0 Å². The molecule has 9 heteroatoms. The maximum absolute atomic E-state index is 12.7. The fourth-order valence-electron chi connectivity index (χ4n) is 4.96. The number of hydrogen-bond donors (Lipinski definition) is 0. The molecule has 0 bridgehead atoms. The zero-order valence-corrected chi connectivity index (χ0v) is 18.6. The maximum atomic E-state index is 12.7. The van der Waals surface area contributed by atoms with Gasteiger partial charge >= 0.3 is 0 Å². The van der Waals surface area contributed by atoms with E-state index in [1.807, 2.05) is 6.07 Å². The summed E-state index contributed by atoms with van der Waals surface area (Å²) in [6.45, 7) is 7.98. The first kappa shape index (κ1) is 21.2. The molecule has 0 unspecified atom stereocenters. The second-order valence-corrected chi connectivity index (χ2v) is 8.90. The van der Waals surface area contributed by atoms with Gasteiger partial charge in [-0.2, -0.15) is 5.10 Å². The summed E-state index contributed by atoms with van der Waals surface area (Å²) in [6, 6.07) is 6.72. The van der Waals surface area contributed by atoms with E-state index in [0.717, 1.165) is 76.7 Å². The zero-order valence-electron chi connectivity index (χ0n) is 18.6. The lowest BCUT2D eigenvalue weighted by Gasteiger charge is -2.43. The number of aryl methyl sites for hydroxylation is 1. The van der Waals surface area contributed by atoms with Crippen LogP contribution in [0.2, 0.25) is 0 Å². The summed E-state index contributed by atoms with van der Waals surface area (Å²) in [7, 11) is 0. The topological polar surface area (TPSA) is 76.0 Å². The Kier molecular flexibility index (Phi) is 6.54. The Labute approximate surface area is 188 Å². The normalized spacial score (nSPS) is 21.8. The van der Waals surface area contributed by atoms with E-state index in [-0.39, 0.29) is 5.91 Å². The number of likely N-dealkylation sites (tertiary alicyclic amines) is 1. The van der Waals surface area contributed by atoms with Crippen LogP contribution in [0.15, 0.2) is 30.9 Å². The van der Waals surface area contributed by atoms with Crippen molar-refractivity contribution < 1.29 is 14.3 Å². The Morgan fingerprint density at radius 2 is 1.97 bits per heavy atom. The highest BCUT2D eigenvalue weighted by Crippen LogP contribution is 2.33. The number of ether oxygens (including phenoxy) is 2. The number of carbonyl (C=O) groups is 1. The van der Waals surface area contributed by atoms with Gasteiger partial charge in [0.2, 0.25) is 12.7 Å². The van der Waals surface area contributed by atoms with E-state index in [9.17, 15) is 4.79 Å². The third-order valence-corrected chi connectivity index (χ3v) is 6.76. The summed E-state index contributed by atoms with van der Waals surface area (Å²) in [5.41, 5.74) is 1.27. The van der Waals surface area contributed by atoms with Gasteiger partial charge in [-0.25, -0.2) is 4.98 Å². The molecule has 9 nitrogen and oxygen atoms in total. The standard InChI is InChI=1S/C23H32N6O3/c30-23(4-2-8-29-17-24-16-25-29)28-7-1-3-20(15-28)27-11-9-26(10-12-27)14-19-5-6-21-22(13-19)32-18-31-21/h5-6,13,16-17,20H,1-4,7-12,14-15,18H2/t20-/m1/s1. The average Bonchev–Trinajstić information content (AvgIpc) is 3.51. The van der Waals surface area contributed by atoms with E-state index in [1.54, 1.807) is 11.0 Å². The number of piperidine rings is 1. The summed E-state index contributed by atoms with van der Waals surface area (Å²) >= 11 is 0. The summed E-state index contributed by atoms with van der Waals surface area (Å²) in [5.74, 6) is 1.97. The SMILES string of the molecule is O=C(CCCn1cncn1)N1CCC[C@@H](N2CCN(Cc3ccc4c(c3)OCO4)CC2)C1. The largest absolute Gasteiger partial charge is 0.454 e. The summed E-state index contributed by atoms with van der Waals surface area (Å²) in [4.78, 5) is 23.8. The van der Waals surface area contributed by atoms with Gasteiger partial charge in [0.25, 0.3) is 0 Å². The minimum Gasteiger partial charge on any atom is -0.454 e. The molecule has 1 aromatic heterocycles. The lowest BCUT2D eigenvalue weighted by molar-refractivity contribution is -0.133. The van der Waals surface area contributed by atoms with Gasteiger partial charge in [-0.05, 0) is 37.0 Å². The van der Waals surface area contributed by atoms with Crippen molar-refractivity contribution in [3.8, 4) is 11.5 Å². The van der Waals surface area contributed by atoms with Crippen LogP contribution in [-0.2, 0) is 17.9 Å². The molecule has 2 aromatic rings. The Balaban J connectivity index is 1.06. The van der Waals surface area contributed by atoms with E-state index >= 15 is 0 Å². The monoisotopic (exact) mass is 440 g/mol. The number of fused-ring (bicyclic) bond motifs is 1. The van der Waals surface area contributed by atoms with Crippen molar-refractivity contribution in [2.45, 2.75) is 44.8 Å². The van der Waals surface area contributed by atoms with Gasteiger partial charge in [0.15, 0.2) is 11.5 Å². The molecule has 1 amide bonds. The highest BCUT2D eigenvalue weighted by Gasteiger charge is 2.30. The fourth-order valence-corrected chi connectivity index (χ4v) is 4.96. The summed E-state index contributed by atoms with van der Waals surface area (Å²) in [6.07, 6.45) is 6.90. The highest BCUT2D eigenvalue weighted by atomic mass is 16.7. The zero-order chi connectivity index (χ0) is 21.8. The quantitative estimate of drug-likeness (QED) is 0.647. The summed E-state index contributed by atoms with van der Waals surface area (Å²) in [5, 5.41) is 4.10. The first-order valence-corrected chi connectivity index (χ1v) is 11.7. The molecule has 2 fully saturated rings. The number of rotatable bonds is 7. The van der Waals surface area contributed by atoms with Gasteiger partial charge in [0, 0.05) is 64.8 Å². The van der Waals surface area contributed by atoms with Crippen molar-refractivity contribution in [2.75, 3.05) is 46.1 Å². The lowest BCUT2D eigenvalue weighted by atomic mass is 10.0. The number of nitrogens with zero attached hydrogens (tertiary/aromatic N) is 6. The van der Waals surface area contributed by atoms with Crippen LogP contribution >= 0.6 is 0 Å². The van der Waals surface area contributed by atoms with E-state index in [1.165, 1.54) is 18.3 Å². The minimum atomic E-state index is 0.274. The van der Waals surface area contributed by atoms with Gasteiger partial charge in [0.05, 0.1) is 0 Å². The average molecular weight is 441 g/mol. The molecule has 0 radical (unpaired) electrons. The van der Waals surface area contributed by atoms with Crippen LogP contribution in [0.25, 0.3) is 0 Å². The van der Waals surface area contributed by atoms with Gasteiger partial charge in [-0.3, -0.25) is 19.3 Å². The van der Waals surface area contributed by atoms with Gasteiger partial charge in [-0.1, -0.05) is 6.07 Å². The third-order valence-electron chi connectivity index (χ3n) is 6.76. The predicted molar refractivity (Wildman–Crippen MR) is 118 cm³/mol. The number of aromatic nitrogens is 3. The van der Waals surface area contributed by atoms with Crippen molar-refractivity contribution in [3.63, 3.8) is 0 Å². The Bertz CT molecular complexity index is 897. The van der Waals surface area contributed by atoms with Crippen molar-refractivity contribution in [3.05, 3.63) is 36.4 Å². The Morgan fingerprint density at radius 3 is 2.81 bits per heavy atom. The molecular weight excluding hydrogens is 408 g/mol. The van der Waals surface area contributed by atoms with Crippen molar-refractivity contribution in [1.82, 2.24) is 29.5 Å². The minimum absolute atomic E-state index is 0.274. The number of amides is 1. The maximum Gasteiger partial charge on any atom is 0.231 e. The fraction of sp³-hybridized carbons (Fsp3) is 0.609. The molecule has 0 aliphatic carbocycles. The Morgan fingerprint density at radius 1 is 1.09 bits per heavy atom.